The highest BCUT2D eigenvalue weighted by Crippen LogP contribution is 2.29. The molecule has 27 heavy (non-hydrogen) atoms. The second-order valence-corrected chi connectivity index (χ2v) is 5.46. The minimum atomic E-state index is -4.62. The number of non-ortho nitro benzene ring substituents is 1. The first kappa shape index (κ1) is 19.9. The van der Waals surface area contributed by atoms with Crippen molar-refractivity contribution in [2.24, 2.45) is 0 Å². The van der Waals surface area contributed by atoms with Crippen molar-refractivity contribution in [1.29, 1.82) is 0 Å². The number of benzene rings is 2. The summed E-state index contributed by atoms with van der Waals surface area (Å²) < 4.78 is 42.6. The van der Waals surface area contributed by atoms with Gasteiger partial charge in [0.15, 0.2) is 6.61 Å². The fourth-order valence-electron chi connectivity index (χ4n) is 2.08. The van der Waals surface area contributed by atoms with Crippen LogP contribution in [0.15, 0.2) is 42.5 Å². The number of hydrogen-bond acceptors (Lipinski definition) is 5. The lowest BCUT2D eigenvalue weighted by Crippen LogP contribution is -2.21. The highest BCUT2D eigenvalue weighted by atomic mass is 19.4. The molecule has 0 fully saturated rings. The second-order valence-electron chi connectivity index (χ2n) is 5.46. The van der Waals surface area contributed by atoms with E-state index in [2.05, 4.69) is 5.32 Å². The zero-order valence-electron chi connectivity index (χ0n) is 13.9. The minimum Gasteiger partial charge on any atom is -0.452 e. The average Bonchev–Trinajstić information content (AvgIpc) is 2.60. The zero-order chi connectivity index (χ0) is 20.2. The highest BCUT2D eigenvalue weighted by molar-refractivity contribution is 5.96. The number of carbonyl (C=O) groups excluding carboxylic acids is 2. The average molecular weight is 382 g/mol. The highest BCUT2D eigenvalue weighted by Gasteiger charge is 2.31. The van der Waals surface area contributed by atoms with E-state index in [-0.39, 0.29) is 16.9 Å². The van der Waals surface area contributed by atoms with Crippen molar-refractivity contribution in [2.75, 3.05) is 11.9 Å². The van der Waals surface area contributed by atoms with Crippen LogP contribution >= 0.6 is 0 Å². The molecule has 0 aliphatic carbocycles. The summed E-state index contributed by atoms with van der Waals surface area (Å²) in [6, 6.07) is 7.43. The van der Waals surface area contributed by atoms with E-state index < -0.39 is 35.1 Å². The van der Waals surface area contributed by atoms with Crippen LogP contribution < -0.4 is 5.32 Å². The first-order chi connectivity index (χ1) is 12.6. The summed E-state index contributed by atoms with van der Waals surface area (Å²) in [7, 11) is 0. The molecule has 0 aliphatic heterocycles. The van der Waals surface area contributed by atoms with Crippen molar-refractivity contribution in [1.82, 2.24) is 0 Å². The maximum absolute atomic E-state index is 12.7. The Morgan fingerprint density at radius 3 is 2.52 bits per heavy atom. The summed E-state index contributed by atoms with van der Waals surface area (Å²) in [4.78, 5) is 33.8. The van der Waals surface area contributed by atoms with Crippen molar-refractivity contribution in [3.05, 3.63) is 69.3 Å². The van der Waals surface area contributed by atoms with Gasteiger partial charge in [0, 0.05) is 12.1 Å². The van der Waals surface area contributed by atoms with Crippen LogP contribution in [0.5, 0.6) is 0 Å². The summed E-state index contributed by atoms with van der Waals surface area (Å²) in [5.74, 6) is -1.90. The molecule has 0 bridgehead atoms. The molecule has 0 spiro atoms. The van der Waals surface area contributed by atoms with Gasteiger partial charge in [0.2, 0.25) is 0 Å². The van der Waals surface area contributed by atoms with Gasteiger partial charge in [-0.2, -0.15) is 13.2 Å². The number of nitrogens with zero attached hydrogens (tertiary/aromatic N) is 1. The van der Waals surface area contributed by atoms with Crippen LogP contribution in [0.3, 0.4) is 0 Å². The summed E-state index contributed by atoms with van der Waals surface area (Å²) in [5.41, 5.74) is -0.919. The van der Waals surface area contributed by atoms with Gasteiger partial charge in [-0.15, -0.1) is 0 Å². The first-order valence-corrected chi connectivity index (χ1v) is 7.47. The molecule has 0 aromatic heterocycles. The molecule has 10 heteroatoms. The van der Waals surface area contributed by atoms with Gasteiger partial charge < -0.3 is 10.1 Å². The van der Waals surface area contributed by atoms with Gasteiger partial charge in [-0.3, -0.25) is 14.9 Å². The Balaban J connectivity index is 2.01. The quantitative estimate of drug-likeness (QED) is 0.483. The normalized spacial score (nSPS) is 11.0. The summed E-state index contributed by atoms with van der Waals surface area (Å²) in [6.45, 7) is 0.838. The number of ether oxygens (including phenoxy) is 1. The van der Waals surface area contributed by atoms with Crippen LogP contribution in [0.2, 0.25) is 0 Å². The minimum absolute atomic E-state index is 0.157. The number of esters is 1. The van der Waals surface area contributed by atoms with E-state index in [1.165, 1.54) is 12.1 Å². The van der Waals surface area contributed by atoms with E-state index in [0.717, 1.165) is 24.3 Å². The Kier molecular flexibility index (Phi) is 5.78. The number of nitro benzene ring substituents is 1. The van der Waals surface area contributed by atoms with Crippen molar-refractivity contribution in [3.8, 4) is 0 Å². The summed E-state index contributed by atoms with van der Waals surface area (Å²) in [6.07, 6.45) is -4.62. The molecule has 1 N–H and O–H groups in total. The van der Waals surface area contributed by atoms with Crippen LogP contribution in [0, 0.1) is 17.0 Å². The van der Waals surface area contributed by atoms with Crippen LogP contribution in [0.25, 0.3) is 0 Å². The molecular weight excluding hydrogens is 369 g/mol. The van der Waals surface area contributed by atoms with Crippen LogP contribution in [0.4, 0.5) is 24.5 Å². The molecular formula is C17H13F3N2O5. The van der Waals surface area contributed by atoms with Crippen molar-refractivity contribution < 1.29 is 32.4 Å². The summed E-state index contributed by atoms with van der Waals surface area (Å²) in [5, 5.41) is 13.1. The second kappa shape index (κ2) is 7.85. The molecule has 0 saturated heterocycles. The molecule has 0 heterocycles. The SMILES string of the molecule is Cc1ccc([N+](=O)[O-])cc1NC(=O)COC(=O)c1cccc(C(F)(F)F)c1. The number of alkyl halides is 3. The third-order valence-electron chi connectivity index (χ3n) is 3.47. The third kappa shape index (κ3) is 5.27. The Morgan fingerprint density at radius 2 is 1.89 bits per heavy atom. The molecule has 2 aromatic rings. The van der Waals surface area contributed by atoms with Gasteiger partial charge in [0.25, 0.3) is 11.6 Å². The van der Waals surface area contributed by atoms with Crippen LogP contribution in [-0.2, 0) is 15.7 Å². The number of rotatable bonds is 5. The van der Waals surface area contributed by atoms with E-state index in [1.54, 1.807) is 6.92 Å². The topological polar surface area (TPSA) is 98.5 Å². The molecule has 0 aliphatic rings. The fourth-order valence-corrected chi connectivity index (χ4v) is 2.08. The van der Waals surface area contributed by atoms with Gasteiger partial charge in [-0.05, 0) is 30.7 Å². The number of carbonyl (C=O) groups is 2. The maximum atomic E-state index is 12.7. The predicted molar refractivity (Wildman–Crippen MR) is 88.2 cm³/mol. The number of nitro groups is 1. The lowest BCUT2D eigenvalue weighted by Gasteiger charge is -2.10. The predicted octanol–water partition coefficient (Wildman–Crippen LogP) is 3.72. The number of amides is 1. The van der Waals surface area contributed by atoms with Crippen LogP contribution in [-0.4, -0.2) is 23.4 Å². The first-order valence-electron chi connectivity index (χ1n) is 7.47. The molecule has 0 radical (unpaired) electrons. The van der Waals surface area contributed by atoms with E-state index in [4.69, 9.17) is 4.74 Å². The lowest BCUT2D eigenvalue weighted by molar-refractivity contribution is -0.384. The van der Waals surface area contributed by atoms with E-state index in [0.29, 0.717) is 11.6 Å². The van der Waals surface area contributed by atoms with Crippen molar-refractivity contribution >= 4 is 23.3 Å². The summed E-state index contributed by atoms with van der Waals surface area (Å²) >= 11 is 0. The maximum Gasteiger partial charge on any atom is 0.416 e. The van der Waals surface area contributed by atoms with Gasteiger partial charge in [0.1, 0.15) is 0 Å². The lowest BCUT2D eigenvalue weighted by atomic mass is 10.1. The van der Waals surface area contributed by atoms with E-state index in [1.807, 2.05) is 0 Å². The Hall–Kier alpha value is -3.43. The molecule has 0 unspecified atom stereocenters. The van der Waals surface area contributed by atoms with Gasteiger partial charge in [-0.25, -0.2) is 4.79 Å². The van der Waals surface area contributed by atoms with Crippen LogP contribution in [0.1, 0.15) is 21.5 Å². The standard InChI is InChI=1S/C17H13F3N2O5/c1-10-5-6-13(22(25)26)8-14(10)21-15(23)9-27-16(24)11-3-2-4-12(7-11)17(18,19)20/h2-8H,9H2,1H3,(H,21,23). The van der Waals surface area contributed by atoms with Crippen molar-refractivity contribution in [3.63, 3.8) is 0 Å². The van der Waals surface area contributed by atoms with Gasteiger partial charge in [-0.1, -0.05) is 12.1 Å². The zero-order valence-corrected chi connectivity index (χ0v) is 13.9. The smallest absolute Gasteiger partial charge is 0.416 e. The Morgan fingerprint density at radius 1 is 1.19 bits per heavy atom. The fraction of sp³-hybridized carbons (Fsp3) is 0.176. The van der Waals surface area contributed by atoms with E-state index in [9.17, 15) is 32.9 Å². The molecule has 1 amide bonds. The third-order valence-corrected chi connectivity index (χ3v) is 3.47. The largest absolute Gasteiger partial charge is 0.452 e. The molecule has 0 saturated carbocycles. The number of anilines is 1. The van der Waals surface area contributed by atoms with E-state index >= 15 is 0 Å². The van der Waals surface area contributed by atoms with Gasteiger partial charge >= 0.3 is 12.1 Å². The molecule has 2 rings (SSSR count). The number of halogens is 3. The molecule has 2 aromatic carbocycles. The molecule has 7 nitrogen and oxygen atoms in total. The number of aryl methyl sites for hydroxylation is 1. The Labute approximate surface area is 150 Å². The van der Waals surface area contributed by atoms with Gasteiger partial charge in [0.05, 0.1) is 21.7 Å². The number of nitrogens with one attached hydrogen (secondary N) is 1. The van der Waals surface area contributed by atoms with Crippen molar-refractivity contribution in [2.45, 2.75) is 13.1 Å². The molecule has 142 valence electrons. The Bertz CT molecular complexity index is 896. The monoisotopic (exact) mass is 382 g/mol. The number of hydrogen-bond donors (Lipinski definition) is 1. The molecule has 0 atom stereocenters.